The molecule has 134 valence electrons. The topological polar surface area (TPSA) is 99.9 Å². The second-order valence-electron chi connectivity index (χ2n) is 5.82. The summed E-state index contributed by atoms with van der Waals surface area (Å²) >= 11 is 0. The zero-order chi connectivity index (χ0) is 18.4. The van der Waals surface area contributed by atoms with Crippen LogP contribution in [0.1, 0.15) is 27.3 Å². The normalized spacial score (nSPS) is 10.5. The third-order valence-corrected chi connectivity index (χ3v) is 4.05. The number of hydrogen-bond acceptors (Lipinski definition) is 4. The molecule has 1 amide bonds. The van der Waals surface area contributed by atoms with Gasteiger partial charge in [-0.2, -0.15) is 5.10 Å². The molecule has 0 aliphatic heterocycles. The molecule has 2 aromatic carbocycles. The number of methoxy groups -OCH3 is 1. The van der Waals surface area contributed by atoms with Crippen molar-refractivity contribution >= 4 is 5.91 Å². The van der Waals surface area contributed by atoms with Gasteiger partial charge in [0.15, 0.2) is 0 Å². The van der Waals surface area contributed by atoms with Crippen LogP contribution in [0.2, 0.25) is 0 Å². The summed E-state index contributed by atoms with van der Waals surface area (Å²) in [5.74, 6) is 1.01. The van der Waals surface area contributed by atoms with E-state index in [4.69, 9.17) is 4.74 Å². The predicted molar refractivity (Wildman–Crippen MR) is 97.2 cm³/mol. The Morgan fingerprint density at radius 3 is 2.77 bits per heavy atom. The van der Waals surface area contributed by atoms with Crippen LogP contribution in [0.5, 0.6) is 5.75 Å². The molecular formula is C19H20N4O3. The van der Waals surface area contributed by atoms with Crippen LogP contribution in [0.3, 0.4) is 0 Å². The molecule has 0 saturated heterocycles. The first-order valence-electron chi connectivity index (χ1n) is 8.28. The van der Waals surface area contributed by atoms with Crippen molar-refractivity contribution in [3.05, 3.63) is 81.5 Å². The molecule has 0 atom stereocenters. The highest BCUT2D eigenvalue weighted by Crippen LogP contribution is 2.16. The largest absolute Gasteiger partial charge is 0.497 e. The Labute approximate surface area is 150 Å². The summed E-state index contributed by atoms with van der Waals surface area (Å²) in [5.41, 5.74) is 2.33. The number of amides is 1. The number of hydrogen-bond donors (Lipinski definition) is 3. The molecule has 1 heterocycles. The van der Waals surface area contributed by atoms with Gasteiger partial charge in [0.25, 0.3) is 5.91 Å². The molecule has 1 aromatic heterocycles. The van der Waals surface area contributed by atoms with E-state index < -0.39 is 5.69 Å². The van der Waals surface area contributed by atoms with Crippen LogP contribution in [0.15, 0.2) is 53.3 Å². The number of nitrogens with zero attached hydrogens (tertiary/aromatic N) is 1. The van der Waals surface area contributed by atoms with E-state index in [9.17, 15) is 9.59 Å². The van der Waals surface area contributed by atoms with Crippen molar-refractivity contribution in [2.75, 3.05) is 7.11 Å². The minimum absolute atomic E-state index is 0.155. The van der Waals surface area contributed by atoms with E-state index in [0.717, 1.165) is 29.7 Å². The standard InChI is InChI=1S/C19H20N4O3/c1-26-15-7-4-5-13(11-15)9-10-14-6-2-3-8-16(14)18(24)20-12-17-21-19(25)23-22-17/h2-8,11H,9-10,12H2,1H3,(H,20,24)(H2,21,22,23,25). The molecule has 7 nitrogen and oxygen atoms in total. The van der Waals surface area contributed by atoms with E-state index >= 15 is 0 Å². The average Bonchev–Trinajstić information content (AvgIpc) is 3.10. The number of carbonyl (C=O) groups excluding carboxylic acids is 1. The molecule has 0 radical (unpaired) electrons. The third-order valence-electron chi connectivity index (χ3n) is 4.05. The molecule has 0 aliphatic rings. The summed E-state index contributed by atoms with van der Waals surface area (Å²) in [5, 5.41) is 8.82. The van der Waals surface area contributed by atoms with Gasteiger partial charge in [-0.25, -0.2) is 9.89 Å². The maximum Gasteiger partial charge on any atom is 0.340 e. The molecule has 0 spiro atoms. The van der Waals surface area contributed by atoms with Crippen LogP contribution in [-0.2, 0) is 19.4 Å². The maximum atomic E-state index is 12.5. The van der Waals surface area contributed by atoms with Gasteiger partial charge in [-0.3, -0.25) is 9.78 Å². The summed E-state index contributed by atoms with van der Waals surface area (Å²) in [4.78, 5) is 26.0. The maximum absolute atomic E-state index is 12.5. The minimum atomic E-state index is -0.395. The molecule has 3 aromatic rings. The number of ether oxygens (including phenoxy) is 1. The second kappa shape index (κ2) is 8.15. The van der Waals surface area contributed by atoms with Gasteiger partial charge in [0, 0.05) is 5.56 Å². The highest BCUT2D eigenvalue weighted by Gasteiger charge is 2.11. The Hall–Kier alpha value is -3.35. The summed E-state index contributed by atoms with van der Waals surface area (Å²) in [6.45, 7) is 0.155. The van der Waals surface area contributed by atoms with Crippen molar-refractivity contribution < 1.29 is 9.53 Å². The summed E-state index contributed by atoms with van der Waals surface area (Å²) in [6.07, 6.45) is 1.53. The Kier molecular flexibility index (Phi) is 5.48. The van der Waals surface area contributed by atoms with Gasteiger partial charge in [0.05, 0.1) is 13.7 Å². The number of nitrogens with one attached hydrogen (secondary N) is 3. The number of carbonyl (C=O) groups is 1. The molecule has 0 aliphatic carbocycles. The van der Waals surface area contributed by atoms with Gasteiger partial charge in [-0.15, -0.1) is 0 Å². The van der Waals surface area contributed by atoms with Crippen LogP contribution >= 0.6 is 0 Å². The van der Waals surface area contributed by atoms with Crippen molar-refractivity contribution in [1.29, 1.82) is 0 Å². The van der Waals surface area contributed by atoms with Gasteiger partial charge in [-0.05, 0) is 42.2 Å². The number of rotatable bonds is 7. The lowest BCUT2D eigenvalue weighted by molar-refractivity contribution is 0.0949. The van der Waals surface area contributed by atoms with E-state index in [2.05, 4.69) is 20.5 Å². The second-order valence-corrected chi connectivity index (χ2v) is 5.82. The van der Waals surface area contributed by atoms with E-state index in [-0.39, 0.29) is 12.5 Å². The number of aryl methyl sites for hydroxylation is 2. The van der Waals surface area contributed by atoms with Gasteiger partial charge in [-0.1, -0.05) is 30.3 Å². The minimum Gasteiger partial charge on any atom is -0.497 e. The Morgan fingerprint density at radius 1 is 1.15 bits per heavy atom. The van der Waals surface area contributed by atoms with E-state index in [1.165, 1.54) is 0 Å². The van der Waals surface area contributed by atoms with Crippen LogP contribution in [0, 0.1) is 0 Å². The summed E-state index contributed by atoms with van der Waals surface area (Å²) in [7, 11) is 1.64. The highest BCUT2D eigenvalue weighted by atomic mass is 16.5. The van der Waals surface area contributed by atoms with Gasteiger partial charge < -0.3 is 10.1 Å². The molecule has 3 N–H and O–H groups in total. The summed E-state index contributed by atoms with van der Waals surface area (Å²) < 4.78 is 5.25. The van der Waals surface area contributed by atoms with Crippen molar-refractivity contribution in [3.63, 3.8) is 0 Å². The van der Waals surface area contributed by atoms with Crippen molar-refractivity contribution in [3.8, 4) is 5.75 Å². The van der Waals surface area contributed by atoms with Crippen LogP contribution in [0.25, 0.3) is 0 Å². The van der Waals surface area contributed by atoms with E-state index in [1.807, 2.05) is 42.5 Å². The number of benzene rings is 2. The van der Waals surface area contributed by atoms with Crippen molar-refractivity contribution in [2.24, 2.45) is 0 Å². The fourth-order valence-corrected chi connectivity index (χ4v) is 2.71. The smallest absolute Gasteiger partial charge is 0.340 e. The predicted octanol–water partition coefficient (Wildman–Crippen LogP) is 1.82. The molecule has 0 fully saturated rings. The molecule has 0 saturated carbocycles. The molecule has 3 rings (SSSR count). The highest BCUT2D eigenvalue weighted by molar-refractivity contribution is 5.95. The van der Waals surface area contributed by atoms with E-state index in [1.54, 1.807) is 13.2 Å². The van der Waals surface area contributed by atoms with E-state index in [0.29, 0.717) is 11.4 Å². The summed E-state index contributed by atoms with van der Waals surface area (Å²) in [6, 6.07) is 15.4. The molecule has 0 bridgehead atoms. The van der Waals surface area contributed by atoms with Crippen molar-refractivity contribution in [1.82, 2.24) is 20.5 Å². The Bertz CT molecular complexity index is 945. The first-order chi connectivity index (χ1) is 12.7. The van der Waals surface area contributed by atoms with Crippen LogP contribution in [-0.4, -0.2) is 28.2 Å². The zero-order valence-corrected chi connectivity index (χ0v) is 14.4. The first kappa shape index (κ1) is 17.5. The fourth-order valence-electron chi connectivity index (χ4n) is 2.71. The van der Waals surface area contributed by atoms with Crippen molar-refractivity contribution in [2.45, 2.75) is 19.4 Å². The van der Waals surface area contributed by atoms with Gasteiger partial charge >= 0.3 is 5.69 Å². The molecule has 0 unspecified atom stereocenters. The first-order valence-corrected chi connectivity index (χ1v) is 8.28. The lowest BCUT2D eigenvalue weighted by Crippen LogP contribution is -2.25. The van der Waals surface area contributed by atoms with Crippen LogP contribution in [0.4, 0.5) is 0 Å². The number of H-pyrrole nitrogens is 2. The monoisotopic (exact) mass is 352 g/mol. The van der Waals surface area contributed by atoms with Gasteiger partial charge in [0.1, 0.15) is 11.6 Å². The number of aromatic amines is 2. The molecular weight excluding hydrogens is 332 g/mol. The molecule has 26 heavy (non-hydrogen) atoms. The number of aromatic nitrogens is 3. The lowest BCUT2D eigenvalue weighted by atomic mass is 9.99. The third kappa shape index (κ3) is 4.38. The lowest BCUT2D eigenvalue weighted by Gasteiger charge is -2.10. The average molecular weight is 352 g/mol. The quantitative estimate of drug-likeness (QED) is 0.604. The van der Waals surface area contributed by atoms with Crippen LogP contribution < -0.4 is 15.7 Å². The van der Waals surface area contributed by atoms with Gasteiger partial charge in [0.2, 0.25) is 0 Å². The Morgan fingerprint density at radius 2 is 2.00 bits per heavy atom. The zero-order valence-electron chi connectivity index (χ0n) is 14.4. The SMILES string of the molecule is COc1cccc(CCc2ccccc2C(=O)NCc2n[nH]c(=O)[nH]2)c1. The Balaban J connectivity index is 1.66. The fraction of sp³-hybridized carbons (Fsp3) is 0.211. The molecule has 7 heteroatoms.